The summed E-state index contributed by atoms with van der Waals surface area (Å²) in [7, 11) is 0. The van der Waals surface area contributed by atoms with Crippen molar-refractivity contribution in [3.8, 4) is 5.75 Å². The quantitative estimate of drug-likeness (QED) is 0.672. The SMILES string of the molecule is CCC(C)c1ccc(OC(CC)C(C)C)cc1. The lowest BCUT2D eigenvalue weighted by Gasteiger charge is -2.21. The Balaban J connectivity index is 2.67. The van der Waals surface area contributed by atoms with Crippen molar-refractivity contribution in [3.05, 3.63) is 29.8 Å². The van der Waals surface area contributed by atoms with E-state index < -0.39 is 0 Å². The summed E-state index contributed by atoms with van der Waals surface area (Å²) < 4.78 is 5.99. The van der Waals surface area contributed by atoms with Crippen LogP contribution in [0.3, 0.4) is 0 Å². The second-order valence-electron chi connectivity index (χ2n) is 5.19. The van der Waals surface area contributed by atoms with Crippen molar-refractivity contribution < 1.29 is 4.74 Å². The molecule has 2 atom stereocenters. The largest absolute Gasteiger partial charge is 0.490 e. The molecule has 1 aromatic rings. The van der Waals surface area contributed by atoms with Crippen molar-refractivity contribution in [2.24, 2.45) is 5.92 Å². The van der Waals surface area contributed by atoms with Gasteiger partial charge in [0.05, 0.1) is 0 Å². The predicted octanol–water partition coefficient (Wildman–Crippen LogP) is 5.01. The Bertz CT molecular complexity index is 313. The third-order valence-electron chi connectivity index (χ3n) is 3.49. The van der Waals surface area contributed by atoms with Crippen LogP contribution in [0, 0.1) is 5.92 Å². The molecule has 2 unspecified atom stereocenters. The van der Waals surface area contributed by atoms with E-state index in [1.807, 2.05) is 0 Å². The Kier molecular flexibility index (Phi) is 5.54. The van der Waals surface area contributed by atoms with Crippen LogP contribution in [0.15, 0.2) is 24.3 Å². The summed E-state index contributed by atoms with van der Waals surface area (Å²) >= 11 is 0. The van der Waals surface area contributed by atoms with Crippen LogP contribution in [-0.4, -0.2) is 6.10 Å². The van der Waals surface area contributed by atoms with Crippen molar-refractivity contribution in [1.82, 2.24) is 0 Å². The fourth-order valence-corrected chi connectivity index (χ4v) is 1.98. The first kappa shape index (κ1) is 14.1. The maximum Gasteiger partial charge on any atom is 0.119 e. The van der Waals surface area contributed by atoms with Crippen LogP contribution in [0.25, 0.3) is 0 Å². The van der Waals surface area contributed by atoms with Gasteiger partial charge in [-0.2, -0.15) is 0 Å². The minimum absolute atomic E-state index is 0.324. The maximum absolute atomic E-state index is 5.99. The Morgan fingerprint density at radius 2 is 1.53 bits per heavy atom. The number of rotatable bonds is 6. The molecule has 0 fully saturated rings. The average molecular weight is 234 g/mol. The summed E-state index contributed by atoms with van der Waals surface area (Å²) in [4.78, 5) is 0. The summed E-state index contributed by atoms with van der Waals surface area (Å²) in [6.07, 6.45) is 2.57. The Labute approximate surface area is 106 Å². The van der Waals surface area contributed by atoms with Gasteiger partial charge in [-0.3, -0.25) is 0 Å². The summed E-state index contributed by atoms with van der Waals surface area (Å²) in [5.41, 5.74) is 1.40. The lowest BCUT2D eigenvalue weighted by Crippen LogP contribution is -2.21. The Morgan fingerprint density at radius 3 is 1.94 bits per heavy atom. The molecule has 0 saturated carbocycles. The second kappa shape index (κ2) is 6.68. The van der Waals surface area contributed by atoms with Crippen molar-refractivity contribution in [2.45, 2.75) is 59.5 Å². The molecule has 0 aliphatic heterocycles. The van der Waals surface area contributed by atoms with Crippen molar-refractivity contribution in [1.29, 1.82) is 0 Å². The zero-order valence-corrected chi connectivity index (χ0v) is 11.9. The highest BCUT2D eigenvalue weighted by Gasteiger charge is 2.12. The van der Waals surface area contributed by atoms with E-state index >= 15 is 0 Å². The van der Waals surface area contributed by atoms with Crippen molar-refractivity contribution in [3.63, 3.8) is 0 Å². The highest BCUT2D eigenvalue weighted by molar-refractivity contribution is 5.29. The molecule has 1 aromatic carbocycles. The lowest BCUT2D eigenvalue weighted by atomic mass is 9.99. The third-order valence-corrected chi connectivity index (χ3v) is 3.49. The molecule has 96 valence electrons. The first-order valence-corrected chi connectivity index (χ1v) is 6.85. The average Bonchev–Trinajstić information content (AvgIpc) is 2.35. The van der Waals surface area contributed by atoms with Gasteiger partial charge in [0.2, 0.25) is 0 Å². The fraction of sp³-hybridized carbons (Fsp3) is 0.625. The van der Waals surface area contributed by atoms with E-state index in [4.69, 9.17) is 4.74 Å². The Hall–Kier alpha value is -0.980. The molecule has 0 spiro atoms. The van der Waals surface area contributed by atoms with E-state index in [0.29, 0.717) is 17.9 Å². The van der Waals surface area contributed by atoms with Crippen LogP contribution in [0.1, 0.15) is 58.9 Å². The maximum atomic E-state index is 5.99. The molecule has 17 heavy (non-hydrogen) atoms. The molecule has 1 heteroatoms. The number of hydrogen-bond donors (Lipinski definition) is 0. The van der Waals surface area contributed by atoms with Crippen molar-refractivity contribution in [2.75, 3.05) is 0 Å². The van der Waals surface area contributed by atoms with Crippen molar-refractivity contribution >= 4 is 0 Å². The van der Waals surface area contributed by atoms with E-state index in [9.17, 15) is 0 Å². The minimum atomic E-state index is 0.324. The molecule has 0 N–H and O–H groups in total. The molecule has 0 heterocycles. The van der Waals surface area contributed by atoms with Gasteiger partial charge in [-0.15, -0.1) is 0 Å². The molecule has 1 rings (SSSR count). The van der Waals surface area contributed by atoms with Gasteiger partial charge >= 0.3 is 0 Å². The molecule has 0 saturated heterocycles. The summed E-state index contributed by atoms with van der Waals surface area (Å²) in [5.74, 6) is 2.20. The van der Waals surface area contributed by atoms with E-state index in [1.54, 1.807) is 0 Å². The summed E-state index contributed by atoms with van der Waals surface area (Å²) in [6.45, 7) is 11.1. The van der Waals surface area contributed by atoms with Crippen LogP contribution < -0.4 is 4.74 Å². The van der Waals surface area contributed by atoms with E-state index in [1.165, 1.54) is 12.0 Å². The molecule has 0 aliphatic rings. The van der Waals surface area contributed by atoms with Crippen LogP contribution in [0.2, 0.25) is 0 Å². The summed E-state index contributed by atoms with van der Waals surface area (Å²) in [5, 5.41) is 0. The highest BCUT2D eigenvalue weighted by Crippen LogP contribution is 2.23. The second-order valence-corrected chi connectivity index (χ2v) is 5.19. The minimum Gasteiger partial charge on any atom is -0.490 e. The van der Waals surface area contributed by atoms with E-state index in [-0.39, 0.29) is 0 Å². The van der Waals surface area contributed by atoms with Crippen LogP contribution in [0.5, 0.6) is 5.75 Å². The highest BCUT2D eigenvalue weighted by atomic mass is 16.5. The topological polar surface area (TPSA) is 9.23 Å². The van der Waals surface area contributed by atoms with Gasteiger partial charge in [0.15, 0.2) is 0 Å². The van der Waals surface area contributed by atoms with Crippen LogP contribution in [-0.2, 0) is 0 Å². The van der Waals surface area contributed by atoms with Crippen LogP contribution in [0.4, 0.5) is 0 Å². The van der Waals surface area contributed by atoms with Gasteiger partial charge in [-0.1, -0.05) is 46.8 Å². The zero-order valence-electron chi connectivity index (χ0n) is 11.9. The molecular weight excluding hydrogens is 208 g/mol. The number of ether oxygens (including phenoxy) is 1. The van der Waals surface area contributed by atoms with Gasteiger partial charge < -0.3 is 4.74 Å². The number of hydrogen-bond acceptors (Lipinski definition) is 1. The number of benzene rings is 1. The van der Waals surface area contributed by atoms with Gasteiger partial charge in [0.25, 0.3) is 0 Å². The monoisotopic (exact) mass is 234 g/mol. The molecule has 1 nitrogen and oxygen atoms in total. The molecule has 0 radical (unpaired) electrons. The molecule has 0 aliphatic carbocycles. The standard InChI is InChI=1S/C16H26O/c1-6-13(5)14-8-10-15(11-9-14)17-16(7-2)12(3)4/h8-13,16H,6-7H2,1-5H3. The molecule has 0 aromatic heterocycles. The smallest absolute Gasteiger partial charge is 0.119 e. The predicted molar refractivity (Wildman–Crippen MR) is 74.7 cm³/mol. The van der Waals surface area contributed by atoms with Crippen LogP contribution >= 0.6 is 0 Å². The third kappa shape index (κ3) is 4.07. The zero-order chi connectivity index (χ0) is 12.8. The van der Waals surface area contributed by atoms with E-state index in [2.05, 4.69) is 58.9 Å². The van der Waals surface area contributed by atoms with Gasteiger partial charge in [-0.05, 0) is 42.4 Å². The first-order chi connectivity index (χ1) is 8.08. The fourth-order valence-electron chi connectivity index (χ4n) is 1.98. The van der Waals surface area contributed by atoms with Gasteiger partial charge in [0.1, 0.15) is 11.9 Å². The Morgan fingerprint density at radius 1 is 0.941 bits per heavy atom. The molecular formula is C16H26O. The van der Waals surface area contributed by atoms with Gasteiger partial charge in [-0.25, -0.2) is 0 Å². The van der Waals surface area contributed by atoms with E-state index in [0.717, 1.165) is 12.2 Å². The first-order valence-electron chi connectivity index (χ1n) is 6.85. The molecule has 0 bridgehead atoms. The summed E-state index contributed by atoms with van der Waals surface area (Å²) in [6, 6.07) is 8.59. The lowest BCUT2D eigenvalue weighted by molar-refractivity contribution is 0.147. The molecule has 0 amide bonds. The van der Waals surface area contributed by atoms with Gasteiger partial charge in [0, 0.05) is 0 Å². The normalized spacial score (nSPS) is 14.7.